The summed E-state index contributed by atoms with van der Waals surface area (Å²) in [6, 6.07) is -0.250. The van der Waals surface area contributed by atoms with E-state index in [-0.39, 0.29) is 11.1 Å². The van der Waals surface area contributed by atoms with Crippen molar-refractivity contribution in [3.8, 4) is 0 Å². The van der Waals surface area contributed by atoms with Gasteiger partial charge in [0, 0.05) is 24.7 Å². The average Bonchev–Trinajstić information content (AvgIpc) is 2.59. The third-order valence-electron chi connectivity index (χ3n) is 3.88. The van der Waals surface area contributed by atoms with Gasteiger partial charge in [0.2, 0.25) is 0 Å². The molecule has 0 saturated heterocycles. The number of aromatic nitrogens is 2. The lowest BCUT2D eigenvalue weighted by Crippen LogP contribution is -2.61. The molecule has 1 fully saturated rings. The minimum absolute atomic E-state index is 0.0275. The van der Waals surface area contributed by atoms with E-state index in [2.05, 4.69) is 9.71 Å². The first kappa shape index (κ1) is 13.5. The Morgan fingerprint density at radius 3 is 2.56 bits per heavy atom. The summed E-state index contributed by atoms with van der Waals surface area (Å²) in [5.74, 6) is 0.642. The second-order valence-corrected chi connectivity index (χ2v) is 7.14. The Morgan fingerprint density at radius 2 is 2.17 bits per heavy atom. The van der Waals surface area contributed by atoms with Crippen LogP contribution in [-0.2, 0) is 17.1 Å². The van der Waals surface area contributed by atoms with E-state index in [9.17, 15) is 13.5 Å². The maximum absolute atomic E-state index is 12.1. The zero-order valence-electron chi connectivity index (χ0n) is 11.0. The van der Waals surface area contributed by atoms with Gasteiger partial charge < -0.3 is 9.67 Å². The molecule has 0 bridgehead atoms. The average molecular weight is 273 g/mol. The van der Waals surface area contributed by atoms with E-state index in [4.69, 9.17) is 0 Å². The van der Waals surface area contributed by atoms with Gasteiger partial charge in [0.25, 0.3) is 10.0 Å². The van der Waals surface area contributed by atoms with Crippen LogP contribution in [0.1, 0.15) is 26.1 Å². The number of nitrogens with one attached hydrogen (secondary N) is 1. The van der Waals surface area contributed by atoms with Gasteiger partial charge in [-0.3, -0.25) is 0 Å². The van der Waals surface area contributed by atoms with E-state index in [1.165, 1.54) is 6.20 Å². The summed E-state index contributed by atoms with van der Waals surface area (Å²) in [6.45, 7) is 5.44. The van der Waals surface area contributed by atoms with Crippen LogP contribution in [0.25, 0.3) is 0 Å². The van der Waals surface area contributed by atoms with Gasteiger partial charge in [0.05, 0.1) is 6.10 Å². The quantitative estimate of drug-likeness (QED) is 0.822. The first-order valence-electron chi connectivity index (χ1n) is 5.85. The number of nitrogens with zero attached hydrogens (tertiary/aromatic N) is 2. The lowest BCUT2D eigenvalue weighted by molar-refractivity contribution is -0.0645. The Bertz CT molecular complexity index is 543. The minimum Gasteiger partial charge on any atom is -0.392 e. The molecule has 6 nitrogen and oxygen atoms in total. The summed E-state index contributed by atoms with van der Waals surface area (Å²) < 4.78 is 28.5. The van der Waals surface area contributed by atoms with E-state index >= 15 is 0 Å². The van der Waals surface area contributed by atoms with Gasteiger partial charge in [-0.15, -0.1) is 0 Å². The molecule has 2 rings (SSSR count). The zero-order valence-corrected chi connectivity index (χ0v) is 11.8. The number of hydrogen-bond acceptors (Lipinski definition) is 4. The molecule has 0 aromatic carbocycles. The summed E-state index contributed by atoms with van der Waals surface area (Å²) in [6.07, 6.45) is 1.47. The van der Waals surface area contributed by atoms with Crippen molar-refractivity contribution in [2.24, 2.45) is 12.5 Å². The number of hydrogen-bond donors (Lipinski definition) is 2. The summed E-state index contributed by atoms with van der Waals surface area (Å²) >= 11 is 0. The SMILES string of the molecule is Cc1nc(S(=O)(=O)NC2CC(O)C2(C)C)cn1C. The highest BCUT2D eigenvalue weighted by Crippen LogP contribution is 2.41. The molecular weight excluding hydrogens is 254 g/mol. The van der Waals surface area contributed by atoms with Crippen molar-refractivity contribution < 1.29 is 13.5 Å². The van der Waals surface area contributed by atoms with Crippen molar-refractivity contribution in [3.05, 3.63) is 12.0 Å². The van der Waals surface area contributed by atoms with Crippen LogP contribution < -0.4 is 4.72 Å². The molecule has 102 valence electrons. The fourth-order valence-corrected chi connectivity index (χ4v) is 3.45. The highest BCUT2D eigenvalue weighted by molar-refractivity contribution is 7.89. The van der Waals surface area contributed by atoms with Gasteiger partial charge in [-0.25, -0.2) is 18.1 Å². The molecule has 1 aliphatic carbocycles. The lowest BCUT2D eigenvalue weighted by atomic mass is 9.65. The van der Waals surface area contributed by atoms with Crippen molar-refractivity contribution in [2.75, 3.05) is 0 Å². The predicted octanol–water partition coefficient (Wildman–Crippen LogP) is 0.166. The maximum Gasteiger partial charge on any atom is 0.259 e. The number of imidazole rings is 1. The monoisotopic (exact) mass is 273 g/mol. The summed E-state index contributed by atoms with van der Waals surface area (Å²) in [4.78, 5) is 4.01. The maximum atomic E-state index is 12.1. The highest BCUT2D eigenvalue weighted by atomic mass is 32.2. The Labute approximate surface area is 107 Å². The molecule has 1 aromatic heterocycles. The lowest BCUT2D eigenvalue weighted by Gasteiger charge is -2.49. The van der Waals surface area contributed by atoms with Crippen LogP contribution >= 0.6 is 0 Å². The fourth-order valence-electron chi connectivity index (χ4n) is 2.01. The van der Waals surface area contributed by atoms with Crippen molar-refractivity contribution in [1.29, 1.82) is 0 Å². The molecular formula is C11H19N3O3S. The second-order valence-electron chi connectivity index (χ2n) is 5.48. The number of aliphatic hydroxyl groups excluding tert-OH is 1. The second kappa shape index (κ2) is 4.04. The molecule has 0 aliphatic heterocycles. The van der Waals surface area contributed by atoms with Gasteiger partial charge in [-0.05, 0) is 13.3 Å². The van der Waals surface area contributed by atoms with Crippen LogP contribution in [-0.4, -0.2) is 35.2 Å². The molecule has 1 aromatic rings. The van der Waals surface area contributed by atoms with E-state index in [1.54, 1.807) is 18.5 Å². The van der Waals surface area contributed by atoms with Crippen LogP contribution in [0, 0.1) is 12.3 Å². The van der Waals surface area contributed by atoms with Crippen molar-refractivity contribution in [2.45, 2.75) is 44.4 Å². The molecule has 7 heteroatoms. The Morgan fingerprint density at radius 1 is 1.56 bits per heavy atom. The molecule has 2 N–H and O–H groups in total. The summed E-state index contributed by atoms with van der Waals surface area (Å²) in [7, 11) is -1.86. The highest BCUT2D eigenvalue weighted by Gasteiger charge is 2.49. The molecule has 0 amide bonds. The smallest absolute Gasteiger partial charge is 0.259 e. The number of aryl methyl sites for hydroxylation is 2. The Hall–Kier alpha value is -0.920. The predicted molar refractivity (Wildman–Crippen MR) is 66.5 cm³/mol. The Kier molecular flexibility index (Phi) is 3.03. The van der Waals surface area contributed by atoms with Crippen molar-refractivity contribution >= 4 is 10.0 Å². The van der Waals surface area contributed by atoms with Gasteiger partial charge >= 0.3 is 0 Å². The topological polar surface area (TPSA) is 84.2 Å². The normalized spacial score (nSPS) is 26.9. The number of rotatable bonds is 3. The molecule has 2 unspecified atom stereocenters. The molecule has 2 atom stereocenters. The molecule has 1 aliphatic rings. The molecule has 0 radical (unpaired) electrons. The van der Waals surface area contributed by atoms with Gasteiger partial charge in [0.1, 0.15) is 5.82 Å². The van der Waals surface area contributed by atoms with Crippen LogP contribution in [0.4, 0.5) is 0 Å². The minimum atomic E-state index is -3.61. The van der Waals surface area contributed by atoms with Crippen LogP contribution in [0.5, 0.6) is 0 Å². The van der Waals surface area contributed by atoms with Crippen molar-refractivity contribution in [1.82, 2.24) is 14.3 Å². The van der Waals surface area contributed by atoms with Crippen LogP contribution in [0.3, 0.4) is 0 Å². The van der Waals surface area contributed by atoms with Crippen molar-refractivity contribution in [3.63, 3.8) is 0 Å². The largest absolute Gasteiger partial charge is 0.392 e. The van der Waals surface area contributed by atoms with Gasteiger partial charge in [0.15, 0.2) is 5.03 Å². The first-order valence-corrected chi connectivity index (χ1v) is 7.33. The molecule has 1 heterocycles. The summed E-state index contributed by atoms with van der Waals surface area (Å²) in [5.41, 5.74) is -0.434. The standard InChI is InChI=1S/C11H19N3O3S/c1-7-12-10(6-14(7)4)18(16,17)13-8-5-9(15)11(8,2)3/h6,8-9,13,15H,5H2,1-4H3. The van der Waals surface area contributed by atoms with Crippen LogP contribution in [0.2, 0.25) is 0 Å². The van der Waals surface area contributed by atoms with Gasteiger partial charge in [-0.2, -0.15) is 0 Å². The van der Waals surface area contributed by atoms with E-state index in [1.807, 2.05) is 13.8 Å². The zero-order chi connectivity index (χ0) is 13.7. The van der Waals surface area contributed by atoms with E-state index in [0.717, 1.165) is 0 Å². The molecule has 0 spiro atoms. The Balaban J connectivity index is 2.19. The third-order valence-corrected chi connectivity index (χ3v) is 5.22. The van der Waals surface area contributed by atoms with E-state index < -0.39 is 21.5 Å². The molecule has 1 saturated carbocycles. The molecule has 18 heavy (non-hydrogen) atoms. The van der Waals surface area contributed by atoms with Crippen LogP contribution in [0.15, 0.2) is 11.2 Å². The third kappa shape index (κ3) is 2.06. The first-order chi connectivity index (χ1) is 8.14. The number of aliphatic hydroxyl groups is 1. The summed E-state index contributed by atoms with van der Waals surface area (Å²) in [5, 5.41) is 9.63. The van der Waals surface area contributed by atoms with E-state index in [0.29, 0.717) is 12.2 Å². The van der Waals surface area contributed by atoms with Gasteiger partial charge in [-0.1, -0.05) is 13.8 Å². The fraction of sp³-hybridized carbons (Fsp3) is 0.727. The number of sulfonamides is 1.